The second kappa shape index (κ2) is 9.00. The number of furan rings is 1. The van der Waals surface area contributed by atoms with Crippen molar-refractivity contribution in [2.24, 2.45) is 5.73 Å². The lowest BCUT2D eigenvalue weighted by Gasteiger charge is -2.35. The average Bonchev–Trinajstić information content (AvgIpc) is 3.43. The van der Waals surface area contributed by atoms with Gasteiger partial charge in [0.15, 0.2) is 0 Å². The zero-order valence-corrected chi connectivity index (χ0v) is 18.5. The van der Waals surface area contributed by atoms with Crippen LogP contribution in [0.2, 0.25) is 0 Å². The number of anilines is 1. The number of para-hydroxylation sites is 1. The molecule has 0 radical (unpaired) electrons. The zero-order chi connectivity index (χ0) is 22.8. The zero-order valence-electron chi connectivity index (χ0n) is 18.5. The number of nitrogens with one attached hydrogen (secondary N) is 1. The van der Waals surface area contributed by atoms with Crippen LogP contribution in [-0.2, 0) is 6.42 Å². The van der Waals surface area contributed by atoms with E-state index in [1.54, 1.807) is 0 Å². The van der Waals surface area contributed by atoms with Gasteiger partial charge in [0.2, 0.25) is 5.76 Å². The van der Waals surface area contributed by atoms with Gasteiger partial charge in [0.05, 0.1) is 17.3 Å². The Labute approximate surface area is 192 Å². The van der Waals surface area contributed by atoms with Gasteiger partial charge in [-0.3, -0.25) is 9.69 Å². The van der Waals surface area contributed by atoms with Crippen molar-refractivity contribution in [3.05, 3.63) is 65.5 Å². The molecule has 0 spiro atoms. The summed E-state index contributed by atoms with van der Waals surface area (Å²) in [6.07, 6.45) is 5.28. The molecule has 5 rings (SSSR count). The monoisotopic (exact) mass is 441 g/mol. The fourth-order valence-electron chi connectivity index (χ4n) is 4.81. The Kier molecular flexibility index (Phi) is 5.76. The number of aryl methyl sites for hydroxylation is 1. The van der Waals surface area contributed by atoms with E-state index in [2.05, 4.69) is 27.0 Å². The smallest absolute Gasteiger partial charge is 0.286 e. The van der Waals surface area contributed by atoms with Gasteiger partial charge in [-0.2, -0.15) is 5.26 Å². The lowest BCUT2D eigenvalue weighted by atomic mass is 10.0. The van der Waals surface area contributed by atoms with Crippen molar-refractivity contribution >= 4 is 33.5 Å². The molecule has 7 nitrogen and oxygen atoms in total. The average molecular weight is 442 g/mol. The third-order valence-corrected chi connectivity index (χ3v) is 6.55. The molecular weight excluding hydrogens is 414 g/mol. The van der Waals surface area contributed by atoms with Gasteiger partial charge in [0, 0.05) is 48.7 Å². The van der Waals surface area contributed by atoms with Crippen molar-refractivity contribution in [2.45, 2.75) is 19.3 Å². The second-order valence-electron chi connectivity index (χ2n) is 8.61. The number of amides is 1. The number of rotatable bonds is 7. The van der Waals surface area contributed by atoms with Crippen LogP contribution in [0.4, 0.5) is 5.69 Å². The predicted molar refractivity (Wildman–Crippen MR) is 129 cm³/mol. The molecule has 0 bridgehead atoms. The molecule has 168 valence electrons. The first kappa shape index (κ1) is 21.1. The quantitative estimate of drug-likeness (QED) is 0.422. The van der Waals surface area contributed by atoms with Crippen LogP contribution in [-0.4, -0.2) is 48.5 Å². The first-order valence-electron chi connectivity index (χ1n) is 11.4. The van der Waals surface area contributed by atoms with Crippen molar-refractivity contribution in [3.63, 3.8) is 0 Å². The van der Waals surface area contributed by atoms with Gasteiger partial charge in [-0.15, -0.1) is 0 Å². The Bertz CT molecular complexity index is 1340. The standard InChI is InChI=1S/C26H27N5O2/c27-16-18-8-9-22-21(15-18)19(17-29-22)5-3-4-10-30-11-13-31(14-12-30)24-20-6-1-2-7-23(20)33-25(24)26(28)32/h1-2,6-9,15,17,29H,3-5,10-14H2,(H2,28,32). The number of hydrogen-bond acceptors (Lipinski definition) is 5. The fourth-order valence-corrected chi connectivity index (χ4v) is 4.81. The summed E-state index contributed by atoms with van der Waals surface area (Å²) in [5.74, 6) is -0.272. The molecule has 0 atom stereocenters. The molecule has 2 aromatic heterocycles. The highest BCUT2D eigenvalue weighted by Gasteiger charge is 2.26. The second-order valence-corrected chi connectivity index (χ2v) is 8.61. The molecule has 1 aliphatic heterocycles. The summed E-state index contributed by atoms with van der Waals surface area (Å²) >= 11 is 0. The first-order valence-corrected chi connectivity index (χ1v) is 11.4. The number of aromatic nitrogens is 1. The number of primary amides is 1. The lowest BCUT2D eigenvalue weighted by Crippen LogP contribution is -2.47. The van der Waals surface area contributed by atoms with Crippen molar-refractivity contribution in [2.75, 3.05) is 37.6 Å². The van der Waals surface area contributed by atoms with Gasteiger partial charge in [0.25, 0.3) is 5.91 Å². The molecule has 1 saturated heterocycles. The maximum Gasteiger partial charge on any atom is 0.286 e. The first-order chi connectivity index (χ1) is 16.1. The van der Waals surface area contributed by atoms with Crippen LogP contribution in [0.5, 0.6) is 0 Å². The highest BCUT2D eigenvalue weighted by atomic mass is 16.3. The van der Waals surface area contributed by atoms with Crippen LogP contribution in [0.25, 0.3) is 21.9 Å². The molecule has 0 saturated carbocycles. The highest BCUT2D eigenvalue weighted by molar-refractivity contribution is 6.06. The molecule has 4 aromatic rings. The Morgan fingerprint density at radius 1 is 1.09 bits per heavy atom. The van der Waals surface area contributed by atoms with E-state index in [1.807, 2.05) is 42.5 Å². The fraction of sp³-hybridized carbons (Fsp3) is 0.308. The summed E-state index contributed by atoms with van der Waals surface area (Å²) in [5.41, 5.74) is 10.2. The minimum Gasteiger partial charge on any atom is -0.449 e. The number of hydrogen-bond donors (Lipinski definition) is 2. The molecule has 7 heteroatoms. The van der Waals surface area contributed by atoms with Crippen molar-refractivity contribution < 1.29 is 9.21 Å². The Hall–Kier alpha value is -3.76. The summed E-state index contributed by atoms with van der Waals surface area (Å²) in [6.45, 7) is 4.60. The SMILES string of the molecule is N#Cc1ccc2[nH]cc(CCCCN3CCN(c4c(C(N)=O)oc5ccccc45)CC3)c2c1. The largest absolute Gasteiger partial charge is 0.449 e. The van der Waals surface area contributed by atoms with E-state index in [4.69, 9.17) is 15.4 Å². The summed E-state index contributed by atoms with van der Waals surface area (Å²) < 4.78 is 5.75. The van der Waals surface area contributed by atoms with E-state index in [0.29, 0.717) is 11.1 Å². The Morgan fingerprint density at radius 2 is 1.91 bits per heavy atom. The van der Waals surface area contributed by atoms with Crippen LogP contribution in [0, 0.1) is 11.3 Å². The molecular formula is C26H27N5O2. The Morgan fingerprint density at radius 3 is 2.70 bits per heavy atom. The summed E-state index contributed by atoms with van der Waals surface area (Å²) in [4.78, 5) is 20.0. The number of nitrogens with two attached hydrogens (primary N) is 1. The van der Waals surface area contributed by atoms with Crippen molar-refractivity contribution in [3.8, 4) is 6.07 Å². The third-order valence-electron chi connectivity index (χ3n) is 6.55. The Balaban J connectivity index is 1.16. The van der Waals surface area contributed by atoms with Crippen LogP contribution in [0.15, 0.2) is 53.1 Å². The minimum absolute atomic E-state index is 0.253. The number of fused-ring (bicyclic) bond motifs is 2. The summed E-state index contributed by atoms with van der Waals surface area (Å²) in [5, 5.41) is 11.3. The molecule has 1 amide bonds. The molecule has 2 aromatic carbocycles. The van der Waals surface area contributed by atoms with Gasteiger partial charge in [-0.05, 0) is 61.7 Å². The summed E-state index contributed by atoms with van der Waals surface area (Å²) in [7, 11) is 0. The van der Waals surface area contributed by atoms with Crippen LogP contribution < -0.4 is 10.6 Å². The maximum atomic E-state index is 12.0. The number of benzene rings is 2. The van der Waals surface area contributed by atoms with Crippen LogP contribution in [0.3, 0.4) is 0 Å². The molecule has 1 fully saturated rings. The van der Waals surface area contributed by atoms with Crippen LogP contribution >= 0.6 is 0 Å². The number of carbonyl (C=O) groups excluding carboxylic acids is 1. The van der Waals surface area contributed by atoms with Gasteiger partial charge >= 0.3 is 0 Å². The van der Waals surface area contributed by atoms with Crippen molar-refractivity contribution in [1.82, 2.24) is 9.88 Å². The molecule has 33 heavy (non-hydrogen) atoms. The number of piperazine rings is 1. The minimum atomic E-state index is -0.525. The van der Waals surface area contributed by atoms with E-state index in [9.17, 15) is 4.79 Å². The van der Waals surface area contributed by atoms with E-state index in [-0.39, 0.29) is 5.76 Å². The number of carbonyl (C=O) groups is 1. The van der Waals surface area contributed by atoms with E-state index >= 15 is 0 Å². The third kappa shape index (κ3) is 4.18. The highest BCUT2D eigenvalue weighted by Crippen LogP contribution is 2.34. The molecule has 0 aliphatic carbocycles. The van der Waals surface area contributed by atoms with E-state index in [1.165, 1.54) is 5.56 Å². The van der Waals surface area contributed by atoms with Gasteiger partial charge < -0.3 is 20.0 Å². The number of H-pyrrole nitrogens is 1. The van der Waals surface area contributed by atoms with Crippen LogP contribution in [0.1, 0.15) is 34.5 Å². The maximum absolute atomic E-state index is 12.0. The molecule has 1 aliphatic rings. The van der Waals surface area contributed by atoms with Gasteiger partial charge in [-0.1, -0.05) is 12.1 Å². The molecule has 3 N–H and O–H groups in total. The normalized spacial score (nSPS) is 14.7. The van der Waals surface area contributed by atoms with Gasteiger partial charge in [0.1, 0.15) is 5.58 Å². The number of aromatic amines is 1. The van der Waals surface area contributed by atoms with E-state index < -0.39 is 5.91 Å². The topological polar surface area (TPSA) is 102 Å². The lowest BCUT2D eigenvalue weighted by molar-refractivity contribution is 0.0976. The van der Waals surface area contributed by atoms with Crippen molar-refractivity contribution in [1.29, 1.82) is 5.26 Å². The number of unbranched alkanes of at least 4 members (excludes halogenated alkanes) is 1. The number of nitriles is 1. The number of nitrogens with zero attached hydrogens (tertiary/aromatic N) is 3. The predicted octanol–water partition coefficient (Wildman–Crippen LogP) is 4.03. The molecule has 0 unspecified atom stereocenters. The summed E-state index contributed by atoms with van der Waals surface area (Å²) in [6, 6.07) is 15.7. The van der Waals surface area contributed by atoms with E-state index in [0.717, 1.165) is 74.0 Å². The molecule has 3 heterocycles. The van der Waals surface area contributed by atoms with Gasteiger partial charge in [-0.25, -0.2) is 0 Å².